The second-order valence-electron chi connectivity index (χ2n) is 6.46. The van der Waals surface area contributed by atoms with Crippen LogP contribution in [-0.4, -0.2) is 43.8 Å². The first-order valence-electron chi connectivity index (χ1n) is 8.73. The number of nitrogens with zero attached hydrogens (tertiary/aromatic N) is 4. The predicted molar refractivity (Wildman–Crippen MR) is 105 cm³/mol. The van der Waals surface area contributed by atoms with Gasteiger partial charge in [0, 0.05) is 38.3 Å². The topological polar surface area (TPSA) is 77.2 Å². The molecular weight excluding hydrogens is 352 g/mol. The van der Waals surface area contributed by atoms with E-state index in [0.717, 1.165) is 15.0 Å². The molecule has 2 aromatic heterocycles. The Bertz CT molecular complexity index is 942. The number of pyridine rings is 1. The van der Waals surface area contributed by atoms with Gasteiger partial charge < -0.3 is 4.90 Å². The highest BCUT2D eigenvalue weighted by Crippen LogP contribution is 2.32. The van der Waals surface area contributed by atoms with Gasteiger partial charge in [0.2, 0.25) is 5.91 Å². The predicted octanol–water partition coefficient (Wildman–Crippen LogP) is 1.72. The van der Waals surface area contributed by atoms with E-state index in [1.165, 1.54) is 23.4 Å². The van der Waals surface area contributed by atoms with Crippen LogP contribution in [-0.2, 0) is 18.9 Å². The molecule has 2 aromatic rings. The summed E-state index contributed by atoms with van der Waals surface area (Å²) in [6.07, 6.45) is 1.70. The monoisotopic (exact) mass is 378 g/mol. The van der Waals surface area contributed by atoms with Gasteiger partial charge in [0.1, 0.15) is 5.65 Å². The number of thioether (sulfide) groups is 1. The average Bonchev–Trinajstić information content (AvgIpc) is 2.62. The molecule has 0 atom stereocenters. The highest BCUT2D eigenvalue weighted by atomic mass is 32.2. The average molecular weight is 378 g/mol. The maximum Gasteiger partial charge on any atom is 0.332 e. The summed E-state index contributed by atoms with van der Waals surface area (Å²) in [5.41, 5.74) is 0.462. The molecule has 0 aliphatic rings. The first-order valence-corrected chi connectivity index (χ1v) is 9.72. The lowest BCUT2D eigenvalue weighted by Crippen LogP contribution is -2.37. The van der Waals surface area contributed by atoms with E-state index in [2.05, 4.69) is 4.98 Å². The molecule has 0 bridgehead atoms. The number of hydrogen-bond donors (Lipinski definition) is 0. The van der Waals surface area contributed by atoms with Crippen molar-refractivity contribution >= 4 is 28.7 Å². The van der Waals surface area contributed by atoms with Crippen LogP contribution in [0, 0.1) is 0 Å². The molecule has 26 heavy (non-hydrogen) atoms. The van der Waals surface area contributed by atoms with Crippen LogP contribution in [0.5, 0.6) is 0 Å². The van der Waals surface area contributed by atoms with Gasteiger partial charge in [0.05, 0.1) is 11.1 Å². The summed E-state index contributed by atoms with van der Waals surface area (Å²) in [4.78, 5) is 44.3. The van der Waals surface area contributed by atoms with Crippen LogP contribution in [0.2, 0.25) is 0 Å². The van der Waals surface area contributed by atoms with Crippen LogP contribution >= 0.6 is 11.8 Å². The smallest absolute Gasteiger partial charge is 0.332 e. The van der Waals surface area contributed by atoms with E-state index in [0.29, 0.717) is 24.1 Å². The molecule has 1 amide bonds. The fraction of sp³-hybridized carbons (Fsp3) is 0.556. The van der Waals surface area contributed by atoms with Gasteiger partial charge in [-0.15, -0.1) is 11.8 Å². The van der Waals surface area contributed by atoms with Crippen molar-refractivity contribution in [2.24, 2.45) is 14.1 Å². The largest absolute Gasteiger partial charge is 0.343 e. The van der Waals surface area contributed by atoms with Crippen molar-refractivity contribution in [1.29, 1.82) is 0 Å². The maximum absolute atomic E-state index is 12.8. The van der Waals surface area contributed by atoms with Gasteiger partial charge in [0.15, 0.2) is 0 Å². The molecule has 0 saturated heterocycles. The molecule has 0 aliphatic carbocycles. The summed E-state index contributed by atoms with van der Waals surface area (Å²) in [5, 5.41) is 0.401. The molecule has 2 rings (SSSR count). The van der Waals surface area contributed by atoms with E-state index < -0.39 is 5.69 Å². The Morgan fingerprint density at radius 2 is 1.81 bits per heavy atom. The van der Waals surface area contributed by atoms with Gasteiger partial charge in [0.25, 0.3) is 5.56 Å². The van der Waals surface area contributed by atoms with E-state index in [4.69, 9.17) is 0 Å². The number of carbonyl (C=O) groups is 1. The minimum atomic E-state index is -0.414. The number of rotatable bonds is 6. The molecule has 0 radical (unpaired) electrons. The van der Waals surface area contributed by atoms with E-state index in [1.807, 2.05) is 27.7 Å². The summed E-state index contributed by atoms with van der Waals surface area (Å²) in [6.45, 7) is 9.23. The number of aryl methyl sites for hydroxylation is 1. The number of carbonyl (C=O) groups excluding carboxylic acids is 1. The van der Waals surface area contributed by atoms with Gasteiger partial charge in [-0.05, 0) is 25.3 Å². The maximum atomic E-state index is 12.8. The van der Waals surface area contributed by atoms with Gasteiger partial charge in [-0.25, -0.2) is 9.78 Å². The lowest BCUT2D eigenvalue weighted by Gasteiger charge is -2.20. The standard InChI is InChI=1S/C18H26N4O3S/c1-7-22(8-2)13(23)10-26-15-12(11(3)4)9-19-16-14(15)17(24)21(6)18(25)20(16)5/h9,11H,7-8,10H2,1-6H3. The Hall–Kier alpha value is -2.09. The van der Waals surface area contributed by atoms with Gasteiger partial charge >= 0.3 is 5.69 Å². The van der Waals surface area contributed by atoms with Crippen molar-refractivity contribution in [3.05, 3.63) is 32.6 Å². The molecular formula is C18H26N4O3S. The molecule has 0 aromatic carbocycles. The molecule has 0 saturated carbocycles. The van der Waals surface area contributed by atoms with Crippen molar-refractivity contribution in [2.45, 2.75) is 38.5 Å². The van der Waals surface area contributed by atoms with Crippen molar-refractivity contribution in [1.82, 2.24) is 19.0 Å². The van der Waals surface area contributed by atoms with Crippen LogP contribution in [0.4, 0.5) is 0 Å². The summed E-state index contributed by atoms with van der Waals surface area (Å²) in [6, 6.07) is 0. The summed E-state index contributed by atoms with van der Waals surface area (Å²) in [5.74, 6) is 0.410. The van der Waals surface area contributed by atoms with E-state index in [1.54, 1.807) is 18.1 Å². The zero-order valence-electron chi connectivity index (χ0n) is 16.2. The Morgan fingerprint density at radius 3 is 2.35 bits per heavy atom. The first-order chi connectivity index (χ1) is 12.2. The lowest BCUT2D eigenvalue weighted by molar-refractivity contribution is -0.127. The number of aromatic nitrogens is 3. The molecule has 0 N–H and O–H groups in total. The van der Waals surface area contributed by atoms with Crippen molar-refractivity contribution in [3.8, 4) is 0 Å². The second kappa shape index (κ2) is 8.07. The zero-order chi connectivity index (χ0) is 19.6. The van der Waals surface area contributed by atoms with Gasteiger partial charge in [-0.1, -0.05) is 13.8 Å². The molecule has 0 aliphatic heterocycles. The Balaban J connectivity index is 2.66. The van der Waals surface area contributed by atoms with Crippen LogP contribution in [0.15, 0.2) is 20.7 Å². The molecule has 142 valence electrons. The lowest BCUT2D eigenvalue weighted by atomic mass is 10.0. The Kier molecular flexibility index (Phi) is 6.28. The molecule has 0 fully saturated rings. The Labute approximate surface area is 157 Å². The minimum absolute atomic E-state index is 0.0290. The molecule has 8 heteroatoms. The number of hydrogen-bond acceptors (Lipinski definition) is 5. The molecule has 2 heterocycles. The quantitative estimate of drug-likeness (QED) is 0.715. The van der Waals surface area contributed by atoms with E-state index in [9.17, 15) is 14.4 Å². The van der Waals surface area contributed by atoms with E-state index in [-0.39, 0.29) is 23.1 Å². The van der Waals surface area contributed by atoms with Gasteiger partial charge in [-0.3, -0.25) is 18.7 Å². The highest BCUT2D eigenvalue weighted by molar-refractivity contribution is 8.00. The third-order valence-electron chi connectivity index (χ3n) is 4.53. The van der Waals surface area contributed by atoms with Crippen molar-refractivity contribution in [3.63, 3.8) is 0 Å². The van der Waals surface area contributed by atoms with E-state index >= 15 is 0 Å². The molecule has 7 nitrogen and oxygen atoms in total. The summed E-state index contributed by atoms with van der Waals surface area (Å²) < 4.78 is 2.46. The third kappa shape index (κ3) is 3.56. The summed E-state index contributed by atoms with van der Waals surface area (Å²) >= 11 is 1.35. The first kappa shape index (κ1) is 20.2. The number of amides is 1. The highest BCUT2D eigenvalue weighted by Gasteiger charge is 2.20. The summed E-state index contributed by atoms with van der Waals surface area (Å²) in [7, 11) is 3.06. The fourth-order valence-corrected chi connectivity index (χ4v) is 4.11. The Morgan fingerprint density at radius 1 is 1.19 bits per heavy atom. The molecule has 0 unspecified atom stereocenters. The second-order valence-corrected chi connectivity index (χ2v) is 7.44. The SMILES string of the molecule is CCN(CC)C(=O)CSc1c(C(C)C)cnc2c1c(=O)n(C)c(=O)n2C. The van der Waals surface area contributed by atoms with Crippen LogP contribution in [0.25, 0.3) is 11.0 Å². The number of fused-ring (bicyclic) bond motifs is 1. The van der Waals surface area contributed by atoms with Crippen LogP contribution < -0.4 is 11.2 Å². The van der Waals surface area contributed by atoms with Crippen molar-refractivity contribution in [2.75, 3.05) is 18.8 Å². The van der Waals surface area contributed by atoms with Crippen LogP contribution in [0.3, 0.4) is 0 Å². The van der Waals surface area contributed by atoms with Gasteiger partial charge in [-0.2, -0.15) is 0 Å². The fourth-order valence-electron chi connectivity index (χ4n) is 2.89. The zero-order valence-corrected chi connectivity index (χ0v) is 17.0. The van der Waals surface area contributed by atoms with Crippen LogP contribution in [0.1, 0.15) is 39.2 Å². The normalized spacial score (nSPS) is 11.3. The third-order valence-corrected chi connectivity index (χ3v) is 5.65. The minimum Gasteiger partial charge on any atom is -0.343 e. The molecule has 0 spiro atoms. The van der Waals surface area contributed by atoms with Crippen molar-refractivity contribution < 1.29 is 4.79 Å².